The maximum atomic E-state index is 4.20. The lowest BCUT2D eigenvalue weighted by Gasteiger charge is -2.26. The van der Waals surface area contributed by atoms with Crippen LogP contribution in [0.4, 0.5) is 0 Å². The largest absolute Gasteiger partial charge is 0.348 e. The summed E-state index contributed by atoms with van der Waals surface area (Å²) in [6, 6.07) is 8.99. The van der Waals surface area contributed by atoms with E-state index in [2.05, 4.69) is 44.5 Å². The van der Waals surface area contributed by atoms with Crippen LogP contribution in [-0.4, -0.2) is 28.0 Å². The molecule has 4 nitrogen and oxygen atoms in total. The quantitative estimate of drug-likeness (QED) is 0.857. The molecule has 1 aliphatic rings. The highest BCUT2D eigenvalue weighted by molar-refractivity contribution is 5.22. The van der Waals surface area contributed by atoms with Crippen LogP contribution in [0.5, 0.6) is 0 Å². The maximum absolute atomic E-state index is 4.20. The van der Waals surface area contributed by atoms with Gasteiger partial charge in [0.25, 0.3) is 0 Å². The van der Waals surface area contributed by atoms with E-state index >= 15 is 0 Å². The summed E-state index contributed by atoms with van der Waals surface area (Å²) in [6.07, 6.45) is 7.75. The van der Waals surface area contributed by atoms with E-state index in [9.17, 15) is 0 Å². The number of hydrogen-bond acceptors (Lipinski definition) is 3. The molecule has 1 saturated heterocycles. The number of nitrogens with one attached hydrogen (secondary N) is 2. The molecule has 0 amide bonds. The van der Waals surface area contributed by atoms with Crippen molar-refractivity contribution in [2.24, 2.45) is 0 Å². The van der Waals surface area contributed by atoms with Crippen molar-refractivity contribution >= 4 is 0 Å². The Hall–Kier alpha value is -1.65. The van der Waals surface area contributed by atoms with Gasteiger partial charge in [0.05, 0.1) is 6.54 Å². The van der Waals surface area contributed by atoms with Gasteiger partial charge in [0.15, 0.2) is 0 Å². The summed E-state index contributed by atoms with van der Waals surface area (Å²) < 4.78 is 0. The van der Waals surface area contributed by atoms with Crippen LogP contribution in [0, 0.1) is 0 Å². The standard InChI is InChI=1S/C17H24N4/c1-2-10-21(11-3-1)14-16-6-4-15(5-7-16)12-18-13-17-19-8-9-20-17/h4-9,18H,1-3,10-14H2,(H,19,20). The molecular formula is C17H24N4. The normalized spacial score (nSPS) is 16.2. The summed E-state index contributed by atoms with van der Waals surface area (Å²) in [7, 11) is 0. The molecular weight excluding hydrogens is 260 g/mol. The van der Waals surface area contributed by atoms with Crippen LogP contribution in [0.15, 0.2) is 36.7 Å². The van der Waals surface area contributed by atoms with E-state index in [-0.39, 0.29) is 0 Å². The molecule has 21 heavy (non-hydrogen) atoms. The first kappa shape index (κ1) is 14.3. The smallest absolute Gasteiger partial charge is 0.120 e. The van der Waals surface area contributed by atoms with E-state index in [0.29, 0.717) is 0 Å². The Balaban J connectivity index is 1.44. The predicted octanol–water partition coefficient (Wildman–Crippen LogP) is 2.69. The monoisotopic (exact) mass is 284 g/mol. The van der Waals surface area contributed by atoms with Crippen molar-refractivity contribution in [1.82, 2.24) is 20.2 Å². The number of rotatable bonds is 6. The van der Waals surface area contributed by atoms with Gasteiger partial charge in [-0.25, -0.2) is 4.98 Å². The van der Waals surface area contributed by atoms with Gasteiger partial charge in [-0.05, 0) is 37.1 Å². The zero-order valence-electron chi connectivity index (χ0n) is 12.5. The molecule has 3 rings (SSSR count). The fraction of sp³-hybridized carbons (Fsp3) is 0.471. The highest BCUT2D eigenvalue weighted by atomic mass is 15.1. The molecule has 0 saturated carbocycles. The molecule has 2 aromatic rings. The number of aromatic amines is 1. The van der Waals surface area contributed by atoms with Crippen LogP contribution in [0.1, 0.15) is 36.2 Å². The fourth-order valence-corrected chi connectivity index (χ4v) is 2.86. The molecule has 2 N–H and O–H groups in total. The minimum Gasteiger partial charge on any atom is -0.348 e. The van der Waals surface area contributed by atoms with Crippen LogP contribution in [0.3, 0.4) is 0 Å². The number of benzene rings is 1. The average Bonchev–Trinajstić information content (AvgIpc) is 3.03. The van der Waals surface area contributed by atoms with Crippen LogP contribution in [0.25, 0.3) is 0 Å². The highest BCUT2D eigenvalue weighted by Gasteiger charge is 2.10. The lowest BCUT2D eigenvalue weighted by molar-refractivity contribution is 0.221. The average molecular weight is 284 g/mol. The van der Waals surface area contributed by atoms with Gasteiger partial charge in [0.2, 0.25) is 0 Å². The molecule has 1 fully saturated rings. The van der Waals surface area contributed by atoms with E-state index in [4.69, 9.17) is 0 Å². The molecule has 0 unspecified atom stereocenters. The fourth-order valence-electron chi connectivity index (χ4n) is 2.86. The molecule has 0 bridgehead atoms. The molecule has 112 valence electrons. The Bertz CT molecular complexity index is 512. The van der Waals surface area contributed by atoms with Gasteiger partial charge in [0.1, 0.15) is 5.82 Å². The number of nitrogens with zero attached hydrogens (tertiary/aromatic N) is 2. The lowest BCUT2D eigenvalue weighted by Crippen LogP contribution is -2.29. The molecule has 1 aromatic carbocycles. The summed E-state index contributed by atoms with van der Waals surface area (Å²) in [5.41, 5.74) is 2.75. The van der Waals surface area contributed by atoms with Crippen LogP contribution < -0.4 is 5.32 Å². The second-order valence-corrected chi connectivity index (χ2v) is 5.79. The summed E-state index contributed by atoms with van der Waals surface area (Å²) in [5, 5.41) is 3.40. The molecule has 1 aliphatic heterocycles. The third kappa shape index (κ3) is 4.41. The Morgan fingerprint density at radius 3 is 2.48 bits per heavy atom. The first-order chi connectivity index (χ1) is 10.4. The maximum Gasteiger partial charge on any atom is 0.120 e. The van der Waals surface area contributed by atoms with Crippen molar-refractivity contribution < 1.29 is 0 Å². The molecule has 0 spiro atoms. The summed E-state index contributed by atoms with van der Waals surface area (Å²) >= 11 is 0. The van der Waals surface area contributed by atoms with Crippen LogP contribution in [0.2, 0.25) is 0 Å². The van der Waals surface area contributed by atoms with Crippen molar-refractivity contribution in [1.29, 1.82) is 0 Å². The van der Waals surface area contributed by atoms with Gasteiger partial charge >= 0.3 is 0 Å². The third-order valence-electron chi connectivity index (χ3n) is 4.05. The van der Waals surface area contributed by atoms with Crippen LogP contribution in [-0.2, 0) is 19.6 Å². The Kier molecular flexibility index (Phi) is 5.03. The summed E-state index contributed by atoms with van der Waals surface area (Å²) in [4.78, 5) is 9.87. The number of piperidine rings is 1. The van der Waals surface area contributed by atoms with Crippen molar-refractivity contribution in [2.75, 3.05) is 13.1 Å². The zero-order valence-corrected chi connectivity index (χ0v) is 12.5. The highest BCUT2D eigenvalue weighted by Crippen LogP contribution is 2.13. The SMILES string of the molecule is c1c[nH]c(CNCc2ccc(CN3CCCCC3)cc2)n1. The predicted molar refractivity (Wildman–Crippen MR) is 84.7 cm³/mol. The molecule has 0 atom stereocenters. The van der Waals surface area contributed by atoms with Gasteiger partial charge < -0.3 is 10.3 Å². The first-order valence-corrected chi connectivity index (χ1v) is 7.89. The lowest BCUT2D eigenvalue weighted by atomic mass is 10.1. The van der Waals surface area contributed by atoms with Crippen molar-refractivity contribution in [2.45, 2.75) is 38.9 Å². The Labute approximate surface area is 126 Å². The van der Waals surface area contributed by atoms with Crippen molar-refractivity contribution in [3.63, 3.8) is 0 Å². The van der Waals surface area contributed by atoms with E-state index in [1.54, 1.807) is 6.20 Å². The second-order valence-electron chi connectivity index (χ2n) is 5.79. The molecule has 4 heteroatoms. The van der Waals surface area contributed by atoms with Gasteiger partial charge in [-0.3, -0.25) is 4.90 Å². The van der Waals surface area contributed by atoms with Gasteiger partial charge in [-0.2, -0.15) is 0 Å². The van der Waals surface area contributed by atoms with E-state index in [0.717, 1.165) is 25.5 Å². The minimum absolute atomic E-state index is 0.780. The van der Waals surface area contributed by atoms with Crippen molar-refractivity contribution in [3.05, 3.63) is 53.6 Å². The Morgan fingerprint density at radius 1 is 1.00 bits per heavy atom. The number of imidazole rings is 1. The van der Waals surface area contributed by atoms with Gasteiger partial charge in [-0.1, -0.05) is 30.7 Å². The number of aromatic nitrogens is 2. The molecule has 1 aromatic heterocycles. The van der Waals surface area contributed by atoms with E-state index < -0.39 is 0 Å². The van der Waals surface area contributed by atoms with Gasteiger partial charge in [0, 0.05) is 25.5 Å². The molecule has 2 heterocycles. The van der Waals surface area contributed by atoms with Crippen LogP contribution >= 0.6 is 0 Å². The zero-order chi connectivity index (χ0) is 14.3. The Morgan fingerprint density at radius 2 is 1.76 bits per heavy atom. The summed E-state index contributed by atoms with van der Waals surface area (Å²) in [6.45, 7) is 5.27. The second kappa shape index (κ2) is 7.38. The minimum atomic E-state index is 0.780. The third-order valence-corrected chi connectivity index (χ3v) is 4.05. The van der Waals surface area contributed by atoms with Gasteiger partial charge in [-0.15, -0.1) is 0 Å². The molecule has 0 aliphatic carbocycles. The number of hydrogen-bond donors (Lipinski definition) is 2. The number of H-pyrrole nitrogens is 1. The van der Waals surface area contributed by atoms with E-state index in [1.807, 2.05) is 6.20 Å². The van der Waals surface area contributed by atoms with Crippen molar-refractivity contribution in [3.8, 4) is 0 Å². The van der Waals surface area contributed by atoms with E-state index in [1.165, 1.54) is 43.5 Å². The first-order valence-electron chi connectivity index (χ1n) is 7.89. The number of likely N-dealkylation sites (tertiary alicyclic amines) is 1. The summed E-state index contributed by atoms with van der Waals surface area (Å²) in [5.74, 6) is 0.983. The topological polar surface area (TPSA) is 44.0 Å². The molecule has 0 radical (unpaired) electrons.